The van der Waals surface area contributed by atoms with Gasteiger partial charge in [-0.3, -0.25) is 14.7 Å². The SMILES string of the molecule is Cc1nonc1OCCNC(=O)c1ccc(OC2CCN(Cc3ccccn3)CC2)cc1. The van der Waals surface area contributed by atoms with Crippen LogP contribution in [-0.4, -0.2) is 58.4 Å². The molecule has 0 bridgehead atoms. The smallest absolute Gasteiger partial charge is 0.278 e. The zero-order valence-electron chi connectivity index (χ0n) is 18.1. The summed E-state index contributed by atoms with van der Waals surface area (Å²) in [5.74, 6) is 0.948. The fourth-order valence-corrected chi connectivity index (χ4v) is 3.55. The zero-order valence-corrected chi connectivity index (χ0v) is 18.1. The Balaban J connectivity index is 1.17. The van der Waals surface area contributed by atoms with E-state index < -0.39 is 0 Å². The maximum absolute atomic E-state index is 12.3. The normalized spacial score (nSPS) is 14.8. The average Bonchev–Trinajstić information content (AvgIpc) is 3.23. The first-order valence-corrected chi connectivity index (χ1v) is 10.8. The van der Waals surface area contributed by atoms with Gasteiger partial charge in [-0.2, -0.15) is 0 Å². The van der Waals surface area contributed by atoms with E-state index in [-0.39, 0.29) is 18.6 Å². The van der Waals surface area contributed by atoms with Gasteiger partial charge in [0.25, 0.3) is 11.8 Å². The van der Waals surface area contributed by atoms with E-state index >= 15 is 0 Å². The third kappa shape index (κ3) is 6.04. The van der Waals surface area contributed by atoms with E-state index in [0.29, 0.717) is 23.7 Å². The van der Waals surface area contributed by atoms with Gasteiger partial charge < -0.3 is 14.8 Å². The Morgan fingerprint density at radius 3 is 2.66 bits per heavy atom. The summed E-state index contributed by atoms with van der Waals surface area (Å²) in [5.41, 5.74) is 2.24. The third-order valence-electron chi connectivity index (χ3n) is 5.30. The van der Waals surface area contributed by atoms with Gasteiger partial charge in [0, 0.05) is 31.4 Å². The maximum Gasteiger partial charge on any atom is 0.278 e. The average molecular weight is 438 g/mol. The van der Waals surface area contributed by atoms with Crippen molar-refractivity contribution in [2.45, 2.75) is 32.4 Å². The second-order valence-electron chi connectivity index (χ2n) is 7.70. The second-order valence-corrected chi connectivity index (χ2v) is 7.70. The minimum Gasteiger partial charge on any atom is -0.490 e. The summed E-state index contributed by atoms with van der Waals surface area (Å²) in [6.07, 6.45) is 3.95. The predicted octanol–water partition coefficient (Wildman–Crippen LogP) is 2.63. The molecule has 32 heavy (non-hydrogen) atoms. The molecular weight excluding hydrogens is 410 g/mol. The Bertz CT molecular complexity index is 985. The minimum absolute atomic E-state index is 0.169. The van der Waals surface area contributed by atoms with E-state index in [1.165, 1.54) is 0 Å². The molecule has 1 amide bonds. The lowest BCUT2D eigenvalue weighted by atomic mass is 10.1. The number of pyridine rings is 1. The number of amides is 1. The Labute approximate surface area is 186 Å². The van der Waals surface area contributed by atoms with Crippen LogP contribution in [0.15, 0.2) is 53.3 Å². The van der Waals surface area contributed by atoms with Crippen molar-refractivity contribution in [1.29, 1.82) is 0 Å². The molecule has 1 N–H and O–H groups in total. The van der Waals surface area contributed by atoms with E-state index in [2.05, 4.69) is 36.2 Å². The van der Waals surface area contributed by atoms with Gasteiger partial charge in [0.05, 0.1) is 12.2 Å². The van der Waals surface area contributed by atoms with Crippen molar-refractivity contribution in [2.24, 2.45) is 0 Å². The first-order chi connectivity index (χ1) is 15.7. The highest BCUT2D eigenvalue weighted by molar-refractivity contribution is 5.94. The molecule has 9 heteroatoms. The van der Waals surface area contributed by atoms with Crippen LogP contribution in [0.3, 0.4) is 0 Å². The number of nitrogens with zero attached hydrogens (tertiary/aromatic N) is 4. The van der Waals surface area contributed by atoms with Crippen molar-refractivity contribution >= 4 is 5.91 Å². The molecule has 3 aromatic rings. The molecule has 0 spiro atoms. The second kappa shape index (κ2) is 10.7. The molecule has 4 rings (SSSR count). The molecule has 1 saturated heterocycles. The molecule has 1 aromatic carbocycles. The number of ether oxygens (including phenoxy) is 2. The van der Waals surface area contributed by atoms with E-state index in [1.54, 1.807) is 19.1 Å². The number of rotatable bonds is 9. The molecule has 0 unspecified atom stereocenters. The highest BCUT2D eigenvalue weighted by Crippen LogP contribution is 2.20. The Morgan fingerprint density at radius 1 is 1.16 bits per heavy atom. The number of likely N-dealkylation sites (tertiary alicyclic amines) is 1. The molecule has 168 valence electrons. The van der Waals surface area contributed by atoms with Crippen LogP contribution in [0.1, 0.15) is 34.6 Å². The highest BCUT2D eigenvalue weighted by atomic mass is 16.6. The van der Waals surface area contributed by atoms with Crippen LogP contribution in [0.4, 0.5) is 0 Å². The van der Waals surface area contributed by atoms with E-state index in [9.17, 15) is 4.79 Å². The number of carbonyl (C=O) groups excluding carboxylic acids is 1. The van der Waals surface area contributed by atoms with Gasteiger partial charge in [0.15, 0.2) is 0 Å². The van der Waals surface area contributed by atoms with Crippen molar-refractivity contribution < 1.29 is 18.9 Å². The number of hydrogen-bond donors (Lipinski definition) is 1. The van der Waals surface area contributed by atoms with E-state index in [4.69, 9.17) is 9.47 Å². The molecule has 0 radical (unpaired) electrons. The molecule has 1 aliphatic rings. The van der Waals surface area contributed by atoms with Gasteiger partial charge in [0.2, 0.25) is 0 Å². The van der Waals surface area contributed by atoms with Crippen LogP contribution in [0.2, 0.25) is 0 Å². The highest BCUT2D eigenvalue weighted by Gasteiger charge is 2.21. The van der Waals surface area contributed by atoms with Crippen LogP contribution >= 0.6 is 0 Å². The largest absolute Gasteiger partial charge is 0.490 e. The van der Waals surface area contributed by atoms with Gasteiger partial charge >= 0.3 is 0 Å². The topological polar surface area (TPSA) is 103 Å². The van der Waals surface area contributed by atoms with Crippen LogP contribution in [-0.2, 0) is 6.54 Å². The van der Waals surface area contributed by atoms with Gasteiger partial charge in [-0.1, -0.05) is 11.2 Å². The van der Waals surface area contributed by atoms with E-state index in [1.807, 2.05) is 30.5 Å². The third-order valence-corrected chi connectivity index (χ3v) is 5.30. The van der Waals surface area contributed by atoms with Gasteiger partial charge in [0.1, 0.15) is 24.2 Å². The Hall–Kier alpha value is -3.46. The summed E-state index contributed by atoms with van der Waals surface area (Å²) in [6.45, 7) is 5.19. The number of piperidine rings is 1. The lowest BCUT2D eigenvalue weighted by molar-refractivity contribution is 0.0943. The fraction of sp³-hybridized carbons (Fsp3) is 0.391. The monoisotopic (exact) mass is 437 g/mol. The Morgan fingerprint density at radius 2 is 1.97 bits per heavy atom. The lowest BCUT2D eigenvalue weighted by Crippen LogP contribution is -2.37. The lowest BCUT2D eigenvalue weighted by Gasteiger charge is -2.31. The number of carbonyl (C=O) groups is 1. The first-order valence-electron chi connectivity index (χ1n) is 10.8. The van der Waals surface area contributed by atoms with Crippen molar-refractivity contribution in [3.8, 4) is 11.6 Å². The van der Waals surface area contributed by atoms with Gasteiger partial charge in [-0.25, -0.2) is 4.63 Å². The number of aromatic nitrogens is 3. The van der Waals surface area contributed by atoms with Crippen LogP contribution < -0.4 is 14.8 Å². The zero-order chi connectivity index (χ0) is 22.2. The van der Waals surface area contributed by atoms with Crippen molar-refractivity contribution in [1.82, 2.24) is 25.5 Å². The molecule has 1 aliphatic heterocycles. The molecule has 9 nitrogen and oxygen atoms in total. The number of hydrogen-bond acceptors (Lipinski definition) is 8. The first kappa shape index (κ1) is 21.8. The molecule has 1 fully saturated rings. The summed E-state index contributed by atoms with van der Waals surface area (Å²) < 4.78 is 16.1. The number of aryl methyl sites for hydroxylation is 1. The predicted molar refractivity (Wildman–Crippen MR) is 116 cm³/mol. The number of nitrogens with one attached hydrogen (secondary N) is 1. The summed E-state index contributed by atoms with van der Waals surface area (Å²) in [6, 6.07) is 13.2. The van der Waals surface area contributed by atoms with Gasteiger partial charge in [-0.15, -0.1) is 0 Å². The maximum atomic E-state index is 12.3. The van der Waals surface area contributed by atoms with Gasteiger partial charge in [-0.05, 0) is 61.3 Å². The molecule has 3 heterocycles. The van der Waals surface area contributed by atoms with E-state index in [0.717, 1.165) is 43.9 Å². The summed E-state index contributed by atoms with van der Waals surface area (Å²) in [4.78, 5) is 19.1. The fourth-order valence-electron chi connectivity index (χ4n) is 3.55. The molecule has 0 saturated carbocycles. The Kier molecular flexibility index (Phi) is 7.29. The summed E-state index contributed by atoms with van der Waals surface area (Å²) in [7, 11) is 0. The number of benzene rings is 1. The van der Waals surface area contributed by atoms with Crippen LogP contribution in [0.25, 0.3) is 0 Å². The molecule has 2 aromatic heterocycles. The standard InChI is InChI=1S/C23H27N5O4/c1-17-23(27-32-26-17)30-15-12-25-22(29)18-5-7-20(8-6-18)31-21-9-13-28(14-10-21)16-19-4-2-3-11-24-19/h2-8,11,21H,9-10,12-16H2,1H3,(H,25,29). The van der Waals surface area contributed by atoms with Crippen molar-refractivity contribution in [3.63, 3.8) is 0 Å². The molecule has 0 atom stereocenters. The summed E-state index contributed by atoms with van der Waals surface area (Å²) in [5, 5.41) is 10.1. The molecular formula is C23H27N5O4. The van der Waals surface area contributed by atoms with Crippen molar-refractivity contribution in [3.05, 3.63) is 65.6 Å². The summed E-state index contributed by atoms with van der Waals surface area (Å²) >= 11 is 0. The van der Waals surface area contributed by atoms with Crippen LogP contribution in [0, 0.1) is 6.92 Å². The quantitative estimate of drug-likeness (QED) is 0.510. The van der Waals surface area contributed by atoms with Crippen LogP contribution in [0.5, 0.6) is 11.6 Å². The van der Waals surface area contributed by atoms with Crippen molar-refractivity contribution in [2.75, 3.05) is 26.2 Å². The minimum atomic E-state index is -0.169. The molecule has 0 aliphatic carbocycles.